The molecule has 5 heteroatoms. The first-order valence-electron chi connectivity index (χ1n) is 6.88. The minimum Gasteiger partial charge on any atom is -0.357 e. The van der Waals surface area contributed by atoms with Gasteiger partial charge in [0.05, 0.1) is 10.7 Å². The normalized spacial score (nSPS) is 16.0. The molecule has 2 rings (SSSR count). The number of hydrogen-bond donors (Lipinski definition) is 2. The zero-order chi connectivity index (χ0) is 13.5. The molecule has 1 aliphatic carbocycles. The van der Waals surface area contributed by atoms with E-state index in [4.69, 9.17) is 0 Å². The fraction of sp³-hybridized carbons (Fsp3) is 0.571. The Balaban J connectivity index is 1.81. The van der Waals surface area contributed by atoms with E-state index in [1.54, 1.807) is 11.3 Å². The van der Waals surface area contributed by atoms with Crippen molar-refractivity contribution in [2.75, 3.05) is 13.1 Å². The van der Waals surface area contributed by atoms with Gasteiger partial charge >= 0.3 is 0 Å². The molecule has 0 spiro atoms. The van der Waals surface area contributed by atoms with Gasteiger partial charge in [0.15, 0.2) is 5.96 Å². The molecule has 1 aromatic heterocycles. The molecular formula is C14H22N4S. The Bertz CT molecular complexity index is 442. The van der Waals surface area contributed by atoms with E-state index in [0.29, 0.717) is 6.04 Å². The van der Waals surface area contributed by atoms with Gasteiger partial charge in [-0.2, -0.15) is 0 Å². The second-order valence-corrected chi connectivity index (χ2v) is 5.71. The van der Waals surface area contributed by atoms with Gasteiger partial charge in [-0.25, -0.2) is 4.98 Å². The van der Waals surface area contributed by atoms with Gasteiger partial charge in [-0.05, 0) is 26.7 Å². The molecule has 4 nitrogen and oxygen atoms in total. The Morgan fingerprint density at radius 1 is 1.47 bits per heavy atom. The average Bonchev–Trinajstić information content (AvgIpc) is 3.01. The third kappa shape index (κ3) is 4.67. The van der Waals surface area contributed by atoms with Crippen molar-refractivity contribution in [1.82, 2.24) is 15.6 Å². The number of guanidine groups is 1. The largest absolute Gasteiger partial charge is 0.357 e. The van der Waals surface area contributed by atoms with Crippen molar-refractivity contribution in [3.63, 3.8) is 0 Å². The third-order valence-electron chi connectivity index (χ3n) is 3.00. The van der Waals surface area contributed by atoms with Gasteiger partial charge in [-0.15, -0.1) is 11.3 Å². The molecule has 0 fully saturated rings. The Morgan fingerprint density at radius 2 is 2.26 bits per heavy atom. The standard InChI is InChI=1S/C14H22N4S/c1-3-15-14(18-12-6-4-5-7-12)16-9-8-13-10-19-11(2)17-13/h4-5,10,12H,3,6-9H2,1-2H3,(H2,15,16,18). The number of aryl methyl sites for hydroxylation is 1. The van der Waals surface area contributed by atoms with Gasteiger partial charge < -0.3 is 10.6 Å². The molecule has 19 heavy (non-hydrogen) atoms. The molecule has 1 aromatic rings. The van der Waals surface area contributed by atoms with Crippen molar-refractivity contribution in [3.05, 3.63) is 28.2 Å². The summed E-state index contributed by atoms with van der Waals surface area (Å²) in [4.78, 5) is 9.07. The Kier molecular flexibility index (Phi) is 5.39. The quantitative estimate of drug-likeness (QED) is 0.493. The van der Waals surface area contributed by atoms with Crippen LogP contribution in [0.2, 0.25) is 0 Å². The Morgan fingerprint density at radius 3 is 2.89 bits per heavy atom. The van der Waals surface area contributed by atoms with Crippen molar-refractivity contribution in [2.24, 2.45) is 4.99 Å². The van der Waals surface area contributed by atoms with Crippen LogP contribution in [-0.2, 0) is 6.42 Å². The summed E-state index contributed by atoms with van der Waals surface area (Å²) in [5.41, 5.74) is 1.14. The monoisotopic (exact) mass is 278 g/mol. The van der Waals surface area contributed by atoms with E-state index in [1.807, 2.05) is 6.92 Å². The summed E-state index contributed by atoms with van der Waals surface area (Å²) >= 11 is 1.70. The molecule has 0 aliphatic heterocycles. The van der Waals surface area contributed by atoms with Crippen LogP contribution in [0.5, 0.6) is 0 Å². The fourth-order valence-electron chi connectivity index (χ4n) is 2.05. The van der Waals surface area contributed by atoms with Crippen molar-refractivity contribution >= 4 is 17.3 Å². The Labute approximate surface area is 119 Å². The predicted molar refractivity (Wildman–Crippen MR) is 81.8 cm³/mol. The van der Waals surface area contributed by atoms with Crippen LogP contribution in [0.1, 0.15) is 30.5 Å². The van der Waals surface area contributed by atoms with Crippen LogP contribution in [0.15, 0.2) is 22.5 Å². The highest BCUT2D eigenvalue weighted by atomic mass is 32.1. The third-order valence-corrected chi connectivity index (χ3v) is 3.82. The van der Waals surface area contributed by atoms with Crippen molar-refractivity contribution in [1.29, 1.82) is 0 Å². The van der Waals surface area contributed by atoms with Crippen LogP contribution >= 0.6 is 11.3 Å². The van der Waals surface area contributed by atoms with E-state index in [9.17, 15) is 0 Å². The maximum absolute atomic E-state index is 4.61. The molecule has 1 heterocycles. The van der Waals surface area contributed by atoms with E-state index in [0.717, 1.165) is 49.0 Å². The number of aromatic nitrogens is 1. The number of hydrogen-bond acceptors (Lipinski definition) is 3. The highest BCUT2D eigenvalue weighted by Crippen LogP contribution is 2.09. The molecule has 0 bridgehead atoms. The van der Waals surface area contributed by atoms with Crippen LogP contribution in [0.4, 0.5) is 0 Å². The van der Waals surface area contributed by atoms with E-state index in [1.165, 1.54) is 0 Å². The summed E-state index contributed by atoms with van der Waals surface area (Å²) in [6, 6.07) is 0.499. The lowest BCUT2D eigenvalue weighted by Crippen LogP contribution is -2.42. The molecule has 1 aliphatic rings. The first-order chi connectivity index (χ1) is 9.28. The summed E-state index contributed by atoms with van der Waals surface area (Å²) in [5, 5.41) is 10.0. The lowest BCUT2D eigenvalue weighted by atomic mass is 10.2. The van der Waals surface area contributed by atoms with E-state index in [2.05, 4.69) is 45.1 Å². The van der Waals surface area contributed by atoms with Crippen molar-refractivity contribution < 1.29 is 0 Å². The zero-order valence-corrected chi connectivity index (χ0v) is 12.5. The summed E-state index contributed by atoms with van der Waals surface area (Å²) < 4.78 is 0. The molecule has 0 amide bonds. The number of aliphatic imine (C=N–C) groups is 1. The number of nitrogens with zero attached hydrogens (tertiary/aromatic N) is 2. The van der Waals surface area contributed by atoms with Crippen LogP contribution < -0.4 is 10.6 Å². The summed E-state index contributed by atoms with van der Waals surface area (Å²) in [7, 11) is 0. The van der Waals surface area contributed by atoms with Crippen molar-refractivity contribution in [2.45, 2.75) is 39.2 Å². The van der Waals surface area contributed by atoms with E-state index < -0.39 is 0 Å². The van der Waals surface area contributed by atoms with Gasteiger partial charge in [0.25, 0.3) is 0 Å². The van der Waals surface area contributed by atoms with Gasteiger partial charge in [-0.1, -0.05) is 12.2 Å². The van der Waals surface area contributed by atoms with Crippen molar-refractivity contribution in [3.8, 4) is 0 Å². The van der Waals surface area contributed by atoms with Gasteiger partial charge in [-0.3, -0.25) is 4.99 Å². The van der Waals surface area contributed by atoms with Gasteiger partial charge in [0.2, 0.25) is 0 Å². The van der Waals surface area contributed by atoms with E-state index >= 15 is 0 Å². The van der Waals surface area contributed by atoms with Gasteiger partial charge in [0.1, 0.15) is 0 Å². The number of thiazole rings is 1. The van der Waals surface area contributed by atoms with Crippen LogP contribution in [0.3, 0.4) is 0 Å². The van der Waals surface area contributed by atoms with Gasteiger partial charge in [0, 0.05) is 30.9 Å². The zero-order valence-electron chi connectivity index (χ0n) is 11.6. The summed E-state index contributed by atoms with van der Waals surface area (Å²) in [6.45, 7) is 5.80. The highest BCUT2D eigenvalue weighted by Gasteiger charge is 2.11. The molecule has 0 atom stereocenters. The molecule has 2 N–H and O–H groups in total. The minimum atomic E-state index is 0.499. The smallest absolute Gasteiger partial charge is 0.191 e. The molecule has 0 saturated heterocycles. The van der Waals surface area contributed by atoms with Crippen LogP contribution in [0.25, 0.3) is 0 Å². The summed E-state index contributed by atoms with van der Waals surface area (Å²) in [6.07, 6.45) is 7.54. The molecule has 0 radical (unpaired) electrons. The molecule has 0 aromatic carbocycles. The Hall–Kier alpha value is -1.36. The minimum absolute atomic E-state index is 0.499. The second kappa shape index (κ2) is 7.28. The lowest BCUT2D eigenvalue weighted by molar-refractivity contribution is 0.633. The SMILES string of the molecule is CCNC(=NCCc1csc(C)n1)NC1CC=CC1. The molecule has 104 valence electrons. The van der Waals surface area contributed by atoms with E-state index in [-0.39, 0.29) is 0 Å². The average molecular weight is 278 g/mol. The molecule has 0 saturated carbocycles. The lowest BCUT2D eigenvalue weighted by Gasteiger charge is -2.16. The maximum atomic E-state index is 4.61. The number of rotatable bonds is 5. The first-order valence-corrected chi connectivity index (χ1v) is 7.76. The molecule has 0 unspecified atom stereocenters. The van der Waals surface area contributed by atoms with Crippen LogP contribution in [-0.4, -0.2) is 30.1 Å². The maximum Gasteiger partial charge on any atom is 0.191 e. The molecular weight excluding hydrogens is 256 g/mol. The second-order valence-electron chi connectivity index (χ2n) is 4.65. The highest BCUT2D eigenvalue weighted by molar-refractivity contribution is 7.09. The summed E-state index contributed by atoms with van der Waals surface area (Å²) in [5.74, 6) is 0.920. The first kappa shape index (κ1) is 14.1. The predicted octanol–water partition coefficient (Wildman–Crippen LogP) is 2.27. The topological polar surface area (TPSA) is 49.3 Å². The van der Waals surface area contributed by atoms with Crippen LogP contribution in [0, 0.1) is 6.92 Å². The number of nitrogens with one attached hydrogen (secondary N) is 2. The fourth-order valence-corrected chi connectivity index (χ4v) is 2.70.